The van der Waals surface area contributed by atoms with Crippen molar-refractivity contribution < 1.29 is 4.79 Å². The zero-order valence-electron chi connectivity index (χ0n) is 7.50. The maximum atomic E-state index is 11.3. The summed E-state index contributed by atoms with van der Waals surface area (Å²) in [6.07, 6.45) is 3.68. The maximum absolute atomic E-state index is 11.3. The molecule has 0 fully saturated rings. The maximum Gasteiger partial charge on any atom is 0.192 e. The van der Waals surface area contributed by atoms with Crippen LogP contribution in [0.25, 0.3) is 0 Å². The second kappa shape index (κ2) is 3.76. The van der Waals surface area contributed by atoms with E-state index < -0.39 is 0 Å². The first-order valence-corrected chi connectivity index (χ1v) is 5.06. The summed E-state index contributed by atoms with van der Waals surface area (Å²) in [4.78, 5) is 15.4. The van der Waals surface area contributed by atoms with Gasteiger partial charge < -0.3 is 4.57 Å². The highest BCUT2D eigenvalue weighted by molar-refractivity contribution is 7.99. The van der Waals surface area contributed by atoms with E-state index in [0.29, 0.717) is 11.4 Å². The van der Waals surface area contributed by atoms with Crippen molar-refractivity contribution in [3.63, 3.8) is 0 Å². The summed E-state index contributed by atoms with van der Waals surface area (Å²) in [5, 5.41) is 0. The van der Waals surface area contributed by atoms with Gasteiger partial charge in [-0.05, 0) is 13.2 Å². The molecule has 0 aliphatic rings. The number of carbonyl (C=O) groups is 1. The Kier molecular flexibility index (Phi) is 2.92. The van der Waals surface area contributed by atoms with Crippen molar-refractivity contribution in [2.24, 2.45) is 7.05 Å². The van der Waals surface area contributed by atoms with E-state index in [1.54, 1.807) is 6.20 Å². The standard InChI is InChI=1S/C8H12N2OS/c1-6-9-7(4-10(6)2)8(11)5-12-3/h4H,5H2,1-3H3. The number of ketones is 1. The molecule has 0 bridgehead atoms. The molecular weight excluding hydrogens is 172 g/mol. The third-order valence-corrected chi connectivity index (χ3v) is 2.22. The number of carbonyl (C=O) groups excluding carboxylic acids is 1. The fourth-order valence-electron chi connectivity index (χ4n) is 0.898. The summed E-state index contributed by atoms with van der Waals surface area (Å²) in [5.74, 6) is 1.49. The lowest BCUT2D eigenvalue weighted by atomic mass is 10.3. The Balaban J connectivity index is 2.82. The van der Waals surface area contributed by atoms with Crippen LogP contribution in [0.2, 0.25) is 0 Å². The highest BCUT2D eigenvalue weighted by Gasteiger charge is 2.09. The van der Waals surface area contributed by atoms with Crippen molar-refractivity contribution in [2.75, 3.05) is 12.0 Å². The minimum Gasteiger partial charge on any atom is -0.337 e. The van der Waals surface area contributed by atoms with Crippen molar-refractivity contribution in [1.82, 2.24) is 9.55 Å². The number of aryl methyl sites for hydroxylation is 2. The Morgan fingerprint density at radius 3 is 2.83 bits per heavy atom. The van der Waals surface area contributed by atoms with E-state index in [0.717, 1.165) is 5.82 Å². The van der Waals surface area contributed by atoms with Crippen molar-refractivity contribution >= 4 is 17.5 Å². The number of aromatic nitrogens is 2. The molecule has 0 aliphatic heterocycles. The van der Waals surface area contributed by atoms with Gasteiger partial charge in [0.05, 0.1) is 5.75 Å². The predicted molar refractivity (Wildman–Crippen MR) is 50.7 cm³/mol. The highest BCUT2D eigenvalue weighted by atomic mass is 32.2. The van der Waals surface area contributed by atoms with Gasteiger partial charge in [0, 0.05) is 13.2 Å². The molecule has 1 heterocycles. The Morgan fingerprint density at radius 1 is 1.75 bits per heavy atom. The molecule has 66 valence electrons. The van der Waals surface area contributed by atoms with Crippen LogP contribution < -0.4 is 0 Å². The molecule has 0 atom stereocenters. The molecule has 0 amide bonds. The lowest BCUT2D eigenvalue weighted by Crippen LogP contribution is -2.02. The lowest BCUT2D eigenvalue weighted by molar-refractivity contribution is 0.101. The quantitative estimate of drug-likeness (QED) is 0.664. The van der Waals surface area contributed by atoms with Crippen LogP contribution in [0.1, 0.15) is 16.3 Å². The fraction of sp³-hybridized carbons (Fsp3) is 0.500. The Bertz CT molecular complexity index is 274. The second-order valence-electron chi connectivity index (χ2n) is 2.64. The van der Waals surface area contributed by atoms with E-state index in [4.69, 9.17) is 0 Å². The first-order valence-electron chi connectivity index (χ1n) is 3.67. The molecule has 0 radical (unpaired) electrons. The lowest BCUT2D eigenvalue weighted by Gasteiger charge is -1.90. The van der Waals surface area contributed by atoms with Gasteiger partial charge in [-0.25, -0.2) is 4.98 Å². The number of imidazole rings is 1. The monoisotopic (exact) mass is 184 g/mol. The van der Waals surface area contributed by atoms with Crippen molar-refractivity contribution in [1.29, 1.82) is 0 Å². The van der Waals surface area contributed by atoms with E-state index in [9.17, 15) is 4.79 Å². The highest BCUT2D eigenvalue weighted by Crippen LogP contribution is 2.04. The van der Waals surface area contributed by atoms with Crippen molar-refractivity contribution in [2.45, 2.75) is 6.92 Å². The molecule has 0 spiro atoms. The Labute approximate surface area is 76.2 Å². The van der Waals surface area contributed by atoms with E-state index in [2.05, 4.69) is 4.98 Å². The summed E-state index contributed by atoms with van der Waals surface area (Å²) in [6, 6.07) is 0. The van der Waals surface area contributed by atoms with Gasteiger partial charge in [0.25, 0.3) is 0 Å². The largest absolute Gasteiger partial charge is 0.337 e. The average Bonchev–Trinajstić information content (AvgIpc) is 2.33. The van der Waals surface area contributed by atoms with Crippen LogP contribution in [0, 0.1) is 6.92 Å². The summed E-state index contributed by atoms with van der Waals surface area (Å²) in [7, 11) is 1.89. The van der Waals surface area contributed by atoms with Gasteiger partial charge in [-0.3, -0.25) is 4.79 Å². The van der Waals surface area contributed by atoms with Gasteiger partial charge in [0.1, 0.15) is 11.5 Å². The normalized spacial score (nSPS) is 10.2. The number of rotatable bonds is 3. The van der Waals surface area contributed by atoms with Gasteiger partial charge in [-0.15, -0.1) is 0 Å². The number of nitrogens with zero attached hydrogens (tertiary/aromatic N) is 2. The van der Waals surface area contributed by atoms with Crippen LogP contribution in [0.3, 0.4) is 0 Å². The molecule has 12 heavy (non-hydrogen) atoms. The topological polar surface area (TPSA) is 34.9 Å². The van der Waals surface area contributed by atoms with E-state index in [1.807, 2.05) is 24.8 Å². The van der Waals surface area contributed by atoms with E-state index >= 15 is 0 Å². The van der Waals surface area contributed by atoms with E-state index in [1.165, 1.54) is 11.8 Å². The summed E-state index contributed by atoms with van der Waals surface area (Å²) in [6.45, 7) is 1.88. The average molecular weight is 184 g/mol. The van der Waals surface area contributed by atoms with Gasteiger partial charge >= 0.3 is 0 Å². The molecule has 1 aromatic heterocycles. The number of thioether (sulfide) groups is 1. The van der Waals surface area contributed by atoms with Crippen molar-refractivity contribution in [3.8, 4) is 0 Å². The van der Waals surface area contributed by atoms with Crippen LogP contribution in [0.4, 0.5) is 0 Å². The van der Waals surface area contributed by atoms with Crippen molar-refractivity contribution in [3.05, 3.63) is 17.7 Å². The SMILES string of the molecule is CSCC(=O)c1cn(C)c(C)n1. The zero-order valence-corrected chi connectivity index (χ0v) is 8.31. The van der Waals surface area contributed by atoms with E-state index in [-0.39, 0.29) is 5.78 Å². The second-order valence-corrected chi connectivity index (χ2v) is 3.51. The first-order chi connectivity index (χ1) is 5.65. The molecule has 3 nitrogen and oxygen atoms in total. The third-order valence-electron chi connectivity index (χ3n) is 1.67. The van der Waals surface area contributed by atoms with Gasteiger partial charge in [0.15, 0.2) is 5.78 Å². The fourth-order valence-corrected chi connectivity index (χ4v) is 1.31. The summed E-state index contributed by atoms with van der Waals surface area (Å²) >= 11 is 1.52. The minimum absolute atomic E-state index is 0.103. The Morgan fingerprint density at radius 2 is 2.42 bits per heavy atom. The molecule has 0 aliphatic carbocycles. The van der Waals surface area contributed by atoms with Crippen LogP contribution >= 0.6 is 11.8 Å². The van der Waals surface area contributed by atoms with Gasteiger partial charge in [-0.2, -0.15) is 11.8 Å². The minimum atomic E-state index is 0.103. The zero-order chi connectivity index (χ0) is 9.14. The van der Waals surface area contributed by atoms with Crippen LogP contribution in [-0.2, 0) is 7.05 Å². The predicted octanol–water partition coefficient (Wildman–Crippen LogP) is 1.27. The smallest absolute Gasteiger partial charge is 0.192 e. The molecule has 0 aromatic carbocycles. The third kappa shape index (κ3) is 1.88. The molecule has 0 unspecified atom stereocenters. The molecule has 0 saturated carbocycles. The summed E-state index contributed by atoms with van der Waals surface area (Å²) < 4.78 is 1.85. The Hall–Kier alpha value is -0.770. The van der Waals surface area contributed by atoms with Gasteiger partial charge in [0.2, 0.25) is 0 Å². The molecular formula is C8H12N2OS. The number of hydrogen-bond acceptors (Lipinski definition) is 3. The number of hydrogen-bond donors (Lipinski definition) is 0. The van der Waals surface area contributed by atoms with Crippen LogP contribution in [0.15, 0.2) is 6.20 Å². The summed E-state index contributed by atoms with van der Waals surface area (Å²) in [5.41, 5.74) is 0.573. The van der Waals surface area contributed by atoms with Crippen LogP contribution in [0.5, 0.6) is 0 Å². The first kappa shape index (κ1) is 9.32. The van der Waals surface area contributed by atoms with Crippen LogP contribution in [-0.4, -0.2) is 27.3 Å². The molecule has 1 rings (SSSR count). The molecule has 0 saturated heterocycles. The molecule has 4 heteroatoms. The van der Waals surface area contributed by atoms with Gasteiger partial charge in [-0.1, -0.05) is 0 Å². The molecule has 1 aromatic rings. The molecule has 0 N–H and O–H groups in total. The number of Topliss-reactive ketones (excluding diaryl/α,β-unsaturated/α-hetero) is 1.